The number of carboxylic acids is 1. The molecule has 3 aliphatic rings. The highest BCUT2D eigenvalue weighted by Gasteiger charge is 2.38. The van der Waals surface area contributed by atoms with Crippen molar-refractivity contribution in [2.75, 3.05) is 37.4 Å². The van der Waals surface area contributed by atoms with Crippen molar-refractivity contribution in [1.82, 2.24) is 9.88 Å². The van der Waals surface area contributed by atoms with Gasteiger partial charge < -0.3 is 24.6 Å². The summed E-state index contributed by atoms with van der Waals surface area (Å²) < 4.78 is 49.7. The van der Waals surface area contributed by atoms with Crippen LogP contribution in [0.5, 0.6) is 5.75 Å². The van der Waals surface area contributed by atoms with E-state index in [-0.39, 0.29) is 22.7 Å². The average Bonchev–Trinajstić information content (AvgIpc) is 3.56. The van der Waals surface area contributed by atoms with Crippen molar-refractivity contribution in [2.45, 2.75) is 44.7 Å². The predicted octanol–water partition coefficient (Wildman–Crippen LogP) is 2.26. The van der Waals surface area contributed by atoms with Crippen molar-refractivity contribution in [3.63, 3.8) is 0 Å². The summed E-state index contributed by atoms with van der Waals surface area (Å²) in [5.74, 6) is -1.27. The normalized spacial score (nSPS) is 21.9. The molecule has 12 heteroatoms. The number of aromatic nitrogens is 1. The number of halogens is 1. The predicted molar refractivity (Wildman–Crippen MR) is 129 cm³/mol. The lowest BCUT2D eigenvalue weighted by Gasteiger charge is -2.25. The zero-order chi connectivity index (χ0) is 25.5. The van der Waals surface area contributed by atoms with E-state index in [9.17, 15) is 23.1 Å². The summed E-state index contributed by atoms with van der Waals surface area (Å²) in [6.45, 7) is 3.77. The van der Waals surface area contributed by atoms with E-state index in [0.29, 0.717) is 35.5 Å². The molecule has 0 amide bonds. The minimum Gasteiger partial charge on any atom is -0.492 e. The van der Waals surface area contributed by atoms with Gasteiger partial charge in [0.1, 0.15) is 11.3 Å². The molecule has 3 N–H and O–H groups in total. The van der Waals surface area contributed by atoms with Crippen LogP contribution in [-0.4, -0.2) is 67.2 Å². The number of rotatable bonds is 5. The third-order valence-electron chi connectivity index (χ3n) is 6.85. The Bertz CT molecular complexity index is 1290. The second-order valence-electron chi connectivity index (χ2n) is 9.19. The highest BCUT2D eigenvalue weighted by atomic mass is 32.2. The smallest absolute Gasteiger partial charge is 0.341 e. The molecule has 35 heavy (non-hydrogen) atoms. The van der Waals surface area contributed by atoms with Crippen molar-refractivity contribution < 1.29 is 32.0 Å². The first-order chi connectivity index (χ1) is 16.6. The van der Waals surface area contributed by atoms with Crippen LogP contribution in [0.2, 0.25) is 0 Å². The molecule has 2 aliphatic heterocycles. The van der Waals surface area contributed by atoms with Gasteiger partial charge in [0.05, 0.1) is 23.8 Å². The number of nitrogens with one attached hydrogen (secondary N) is 1. The fourth-order valence-corrected chi connectivity index (χ4v) is 4.95. The molecule has 10 nitrogen and oxygen atoms in total. The number of carboxylic acid groups (broad SMARTS) is 1. The van der Waals surface area contributed by atoms with Gasteiger partial charge in [0.2, 0.25) is 5.43 Å². The van der Waals surface area contributed by atoms with Crippen molar-refractivity contribution in [1.29, 1.82) is 0 Å². The van der Waals surface area contributed by atoms with Gasteiger partial charge in [-0.3, -0.25) is 9.35 Å². The molecule has 1 aliphatic carbocycles. The number of piperidine rings is 1. The number of benzene rings is 1. The number of hydrogen-bond acceptors (Lipinski definition) is 7. The number of anilines is 1. The number of hydrogen-bond donors (Lipinski definition) is 3. The van der Waals surface area contributed by atoms with Crippen LogP contribution in [0.1, 0.15) is 49.0 Å². The Hall–Kier alpha value is -2.70. The second kappa shape index (κ2) is 9.75. The quantitative estimate of drug-likeness (QED) is 0.516. The summed E-state index contributed by atoms with van der Waals surface area (Å²) in [5.41, 5.74) is -0.155. The lowest BCUT2D eigenvalue weighted by molar-refractivity contribution is 0.0694. The average molecular weight is 512 g/mol. The minimum absolute atomic E-state index is 0.0599. The summed E-state index contributed by atoms with van der Waals surface area (Å²) in [6, 6.07) is 1.62. The van der Waals surface area contributed by atoms with E-state index in [1.165, 1.54) is 26.3 Å². The molecule has 2 saturated heterocycles. The Morgan fingerprint density at radius 1 is 1.29 bits per heavy atom. The Morgan fingerprint density at radius 2 is 1.97 bits per heavy atom. The first kappa shape index (κ1) is 25.4. The van der Waals surface area contributed by atoms with Crippen molar-refractivity contribution in [3.05, 3.63) is 33.9 Å². The molecule has 0 unspecified atom stereocenters. The molecule has 1 saturated carbocycles. The Labute approximate surface area is 202 Å². The monoisotopic (exact) mass is 511 g/mol. The number of fused-ring (bicyclic) bond motifs is 2. The SMILES string of the molecule is CCS(=O)(=O)O.COc1c(N2C[C@@H]3CCCN[C@@H]3C2)c(F)cc2c(=O)c(C(=O)O)cn(C3CC3)c12. The van der Waals surface area contributed by atoms with Crippen LogP contribution >= 0.6 is 0 Å². The van der Waals surface area contributed by atoms with E-state index in [1.54, 1.807) is 4.57 Å². The van der Waals surface area contributed by atoms with E-state index >= 15 is 4.39 Å². The Kier molecular flexibility index (Phi) is 7.07. The molecule has 0 radical (unpaired) electrons. The molecule has 3 heterocycles. The maximum Gasteiger partial charge on any atom is 0.341 e. The zero-order valence-corrected chi connectivity index (χ0v) is 20.5. The molecule has 2 aromatic rings. The van der Waals surface area contributed by atoms with Crippen molar-refractivity contribution in [3.8, 4) is 5.75 Å². The molecule has 3 fully saturated rings. The second-order valence-corrected chi connectivity index (χ2v) is 10.9. The van der Waals surface area contributed by atoms with Gasteiger partial charge in [-0.15, -0.1) is 0 Å². The largest absolute Gasteiger partial charge is 0.492 e. The fourth-order valence-electron chi connectivity index (χ4n) is 4.95. The fraction of sp³-hybridized carbons (Fsp3) is 0.565. The van der Waals surface area contributed by atoms with E-state index < -0.39 is 27.3 Å². The van der Waals surface area contributed by atoms with Crippen molar-refractivity contribution in [2.24, 2.45) is 5.92 Å². The summed E-state index contributed by atoms with van der Waals surface area (Å²) in [5, 5.41) is 13.0. The van der Waals surface area contributed by atoms with Crippen LogP contribution in [0.25, 0.3) is 10.9 Å². The standard InChI is InChI=1S/C21H24FN3O4.C2H6O3S/c1-29-20-17-13(19(26)14(21(27)28)9-25(17)12-4-5-12)7-15(22)18(20)24-8-11-3-2-6-23-16(11)10-24;1-2-6(3,4)5/h7,9,11-12,16,23H,2-6,8,10H2,1H3,(H,27,28);2H2,1H3,(H,3,4,5)/t11-,16+;/m0./s1. The third-order valence-corrected chi connectivity index (χ3v) is 7.58. The Morgan fingerprint density at radius 3 is 2.51 bits per heavy atom. The highest BCUT2D eigenvalue weighted by molar-refractivity contribution is 7.85. The molecule has 2 atom stereocenters. The van der Waals surface area contributed by atoms with E-state index in [1.807, 2.05) is 4.90 Å². The van der Waals surface area contributed by atoms with E-state index in [4.69, 9.17) is 9.29 Å². The van der Waals surface area contributed by atoms with Gasteiger partial charge >= 0.3 is 5.97 Å². The number of ether oxygens (including phenoxy) is 1. The lowest BCUT2D eigenvalue weighted by atomic mass is 9.94. The first-order valence-electron chi connectivity index (χ1n) is 11.7. The molecule has 1 aromatic heterocycles. The van der Waals surface area contributed by atoms with Gasteiger partial charge in [0, 0.05) is 31.4 Å². The molecule has 5 rings (SSSR count). The molecule has 0 bridgehead atoms. The third kappa shape index (κ3) is 5.14. The van der Waals surface area contributed by atoms with Gasteiger partial charge in [0.15, 0.2) is 11.6 Å². The zero-order valence-electron chi connectivity index (χ0n) is 19.7. The summed E-state index contributed by atoms with van der Waals surface area (Å²) >= 11 is 0. The van der Waals surface area contributed by atoms with Gasteiger partial charge in [-0.25, -0.2) is 9.18 Å². The molecule has 1 aromatic carbocycles. The maximum absolute atomic E-state index is 15.3. The number of aromatic carboxylic acids is 1. The maximum atomic E-state index is 15.3. The van der Waals surface area contributed by atoms with Gasteiger partial charge in [-0.05, 0) is 51.1 Å². The summed E-state index contributed by atoms with van der Waals surface area (Å²) in [4.78, 5) is 26.4. The lowest BCUT2D eigenvalue weighted by Crippen LogP contribution is -2.40. The minimum atomic E-state index is -3.66. The molecule has 192 valence electrons. The van der Waals surface area contributed by atoms with Gasteiger partial charge in [-0.1, -0.05) is 0 Å². The number of methoxy groups -OCH3 is 1. The molecular formula is C23H30FN3O7S. The van der Waals surface area contributed by atoms with Crippen molar-refractivity contribution >= 4 is 32.7 Å². The Balaban J connectivity index is 0.000000431. The van der Waals surface area contributed by atoms with Crippen LogP contribution < -0.4 is 20.4 Å². The molecular weight excluding hydrogens is 481 g/mol. The van der Waals surface area contributed by atoms with Crippen LogP contribution in [0.4, 0.5) is 10.1 Å². The number of carbonyl (C=O) groups is 1. The first-order valence-corrected chi connectivity index (χ1v) is 13.3. The van der Waals surface area contributed by atoms with E-state index in [0.717, 1.165) is 38.8 Å². The van der Waals surface area contributed by atoms with Crippen LogP contribution in [0, 0.1) is 11.7 Å². The van der Waals surface area contributed by atoms with Crippen LogP contribution in [-0.2, 0) is 10.1 Å². The van der Waals surface area contributed by atoms with Crippen LogP contribution in [0.15, 0.2) is 17.1 Å². The van der Waals surface area contributed by atoms with E-state index in [2.05, 4.69) is 5.32 Å². The topological polar surface area (TPSA) is 138 Å². The summed E-state index contributed by atoms with van der Waals surface area (Å²) in [7, 11) is -2.18. The molecule has 0 spiro atoms. The number of nitrogens with zero attached hydrogens (tertiary/aromatic N) is 2. The summed E-state index contributed by atoms with van der Waals surface area (Å²) in [6.07, 6.45) is 5.40. The van der Waals surface area contributed by atoms with Gasteiger partial charge in [0.25, 0.3) is 10.1 Å². The van der Waals surface area contributed by atoms with Gasteiger partial charge in [-0.2, -0.15) is 8.42 Å². The van der Waals surface area contributed by atoms with Crippen LogP contribution in [0.3, 0.4) is 0 Å². The highest BCUT2D eigenvalue weighted by Crippen LogP contribution is 2.45. The number of pyridine rings is 1.